The first-order valence-electron chi connectivity index (χ1n) is 3.44. The van der Waals surface area contributed by atoms with E-state index in [4.69, 9.17) is 0 Å². The third-order valence-electron chi connectivity index (χ3n) is 1.40. The second kappa shape index (κ2) is 4.18. The monoisotopic (exact) mass is 279 g/mol. The Balaban J connectivity index is 0.00000121. The second-order valence-corrected chi connectivity index (χ2v) is 3.35. The molecule has 0 aliphatic carbocycles. The van der Waals surface area contributed by atoms with E-state index in [1.165, 1.54) is 12.3 Å². The van der Waals surface area contributed by atoms with Crippen molar-refractivity contribution in [2.75, 3.05) is 21.1 Å². The predicted octanol–water partition coefficient (Wildman–Crippen LogP) is -0.0342. The van der Waals surface area contributed by atoms with Gasteiger partial charge in [0, 0.05) is 6.07 Å². The van der Waals surface area contributed by atoms with Crippen molar-refractivity contribution in [3.8, 4) is 0 Å². The van der Waals surface area contributed by atoms with Crippen LogP contribution in [0.25, 0.3) is 0 Å². The zero-order valence-electron chi connectivity index (χ0n) is 7.00. The van der Waals surface area contributed by atoms with Crippen LogP contribution in [0.4, 0.5) is 10.2 Å². The Morgan fingerprint density at radius 2 is 1.83 bits per heavy atom. The molecule has 0 radical (unpaired) electrons. The Labute approximate surface area is 89.0 Å². The van der Waals surface area contributed by atoms with E-state index in [0.717, 1.165) is 5.82 Å². The standard InChI is InChI=1S/C8H12FN2.Sn.4H/c1-11(2,3)8-5-4-7(9)6-10-8;;;;;/h4-6H,1-3H3;;;;;/q+1;;;;;. The Bertz CT molecular complexity index is 240. The van der Waals surface area contributed by atoms with Crippen molar-refractivity contribution in [2.45, 2.75) is 0 Å². The van der Waals surface area contributed by atoms with Gasteiger partial charge in [0.1, 0.15) is 5.82 Å². The van der Waals surface area contributed by atoms with Gasteiger partial charge in [-0.1, -0.05) is 0 Å². The Kier molecular flexibility index (Phi) is 4.13. The molecule has 0 fully saturated rings. The van der Waals surface area contributed by atoms with E-state index >= 15 is 0 Å². The van der Waals surface area contributed by atoms with Crippen molar-refractivity contribution in [1.82, 2.24) is 9.47 Å². The summed E-state index contributed by atoms with van der Waals surface area (Å²) in [6.45, 7) is 0. The Morgan fingerprint density at radius 1 is 1.25 bits per heavy atom. The van der Waals surface area contributed by atoms with Gasteiger partial charge in [-0.25, -0.2) is 9.37 Å². The van der Waals surface area contributed by atoms with Crippen molar-refractivity contribution >= 4 is 29.7 Å². The quantitative estimate of drug-likeness (QED) is 0.519. The molecule has 0 saturated heterocycles. The van der Waals surface area contributed by atoms with E-state index in [0.29, 0.717) is 4.48 Å². The van der Waals surface area contributed by atoms with Crippen molar-refractivity contribution < 1.29 is 4.39 Å². The fraction of sp³-hybridized carbons (Fsp3) is 0.375. The zero-order chi connectivity index (χ0) is 8.48. The van der Waals surface area contributed by atoms with E-state index in [2.05, 4.69) is 4.98 Å². The minimum absolute atomic E-state index is 0. The molecule has 1 rings (SSSR count). The molecule has 0 unspecified atom stereocenters. The third-order valence-corrected chi connectivity index (χ3v) is 1.40. The number of hydrogen-bond acceptors (Lipinski definition) is 1. The van der Waals surface area contributed by atoms with Crippen LogP contribution in [0.1, 0.15) is 0 Å². The molecule has 12 heavy (non-hydrogen) atoms. The molecule has 1 aromatic rings. The summed E-state index contributed by atoms with van der Waals surface area (Å²) in [6, 6.07) is 3.11. The summed E-state index contributed by atoms with van der Waals surface area (Å²) >= 11 is 0. The fourth-order valence-corrected chi connectivity index (χ4v) is 0.765. The number of pyridine rings is 1. The molecule has 0 bridgehead atoms. The van der Waals surface area contributed by atoms with Crippen LogP contribution in [-0.4, -0.2) is 50.0 Å². The van der Waals surface area contributed by atoms with Crippen LogP contribution in [0.3, 0.4) is 0 Å². The van der Waals surface area contributed by atoms with Gasteiger partial charge in [0.2, 0.25) is 5.82 Å². The summed E-state index contributed by atoms with van der Waals surface area (Å²) < 4.78 is 13.0. The van der Waals surface area contributed by atoms with E-state index in [1.807, 2.05) is 21.1 Å². The third kappa shape index (κ3) is 3.06. The van der Waals surface area contributed by atoms with E-state index < -0.39 is 0 Å². The SMILES string of the molecule is C[N+](C)(C)c1ccc(F)cn1.[SnH4]. The van der Waals surface area contributed by atoms with Crippen LogP contribution in [0, 0.1) is 5.82 Å². The fourth-order valence-electron chi connectivity index (χ4n) is 0.765. The summed E-state index contributed by atoms with van der Waals surface area (Å²) in [5.74, 6) is 0.564. The van der Waals surface area contributed by atoms with Crippen LogP contribution >= 0.6 is 0 Å². The number of nitrogens with zero attached hydrogens (tertiary/aromatic N) is 2. The van der Waals surface area contributed by atoms with E-state index in [9.17, 15) is 4.39 Å². The van der Waals surface area contributed by atoms with Crippen molar-refractivity contribution in [3.63, 3.8) is 0 Å². The number of aromatic nitrogens is 1. The molecule has 0 aliphatic heterocycles. The van der Waals surface area contributed by atoms with Crippen LogP contribution in [0.15, 0.2) is 18.3 Å². The van der Waals surface area contributed by atoms with Gasteiger partial charge in [-0.05, 0) is 6.07 Å². The van der Waals surface area contributed by atoms with Crippen LogP contribution < -0.4 is 4.48 Å². The minimum atomic E-state index is -0.290. The molecule has 1 aromatic heterocycles. The van der Waals surface area contributed by atoms with Gasteiger partial charge in [-0.15, -0.1) is 0 Å². The first-order chi connectivity index (χ1) is 5.00. The predicted molar refractivity (Wildman–Crippen MR) is 55.1 cm³/mol. The molecule has 0 N–H and O–H groups in total. The van der Waals surface area contributed by atoms with Gasteiger partial charge < -0.3 is 0 Å². The average molecular weight is 278 g/mol. The van der Waals surface area contributed by atoms with Gasteiger partial charge in [0.15, 0.2) is 0 Å². The molecule has 68 valence electrons. The number of hydrogen-bond donors (Lipinski definition) is 0. The number of rotatable bonds is 1. The van der Waals surface area contributed by atoms with Gasteiger partial charge in [-0.3, -0.25) is 4.48 Å². The van der Waals surface area contributed by atoms with Crippen LogP contribution in [0.2, 0.25) is 0 Å². The first-order valence-corrected chi connectivity index (χ1v) is 3.44. The summed E-state index contributed by atoms with van der Waals surface area (Å²) in [5.41, 5.74) is 0. The van der Waals surface area contributed by atoms with Crippen molar-refractivity contribution in [3.05, 3.63) is 24.1 Å². The summed E-state index contributed by atoms with van der Waals surface area (Å²) in [7, 11) is 5.96. The molecular formula is C8H16FN2Sn+. The zero-order valence-corrected chi connectivity index (χ0v) is 7.00. The molecule has 2 nitrogen and oxygen atoms in total. The maximum absolute atomic E-state index is 12.4. The number of quaternary nitrogens is 1. The summed E-state index contributed by atoms with van der Waals surface area (Å²) in [5, 5.41) is 0. The van der Waals surface area contributed by atoms with Crippen molar-refractivity contribution in [1.29, 1.82) is 0 Å². The van der Waals surface area contributed by atoms with Crippen LogP contribution in [0.5, 0.6) is 0 Å². The number of halogens is 1. The molecule has 0 spiro atoms. The maximum atomic E-state index is 12.4. The molecular weight excluding hydrogens is 262 g/mol. The van der Waals surface area contributed by atoms with Gasteiger partial charge in [0.05, 0.1) is 27.3 Å². The molecule has 0 aromatic carbocycles. The van der Waals surface area contributed by atoms with Crippen molar-refractivity contribution in [2.24, 2.45) is 0 Å². The molecule has 4 heteroatoms. The van der Waals surface area contributed by atoms with Gasteiger partial charge >= 0.3 is 23.9 Å². The Morgan fingerprint density at radius 3 is 2.17 bits per heavy atom. The molecule has 0 aliphatic rings. The summed E-state index contributed by atoms with van der Waals surface area (Å²) in [6.07, 6.45) is 1.23. The topological polar surface area (TPSA) is 12.9 Å². The van der Waals surface area contributed by atoms with Crippen LogP contribution in [-0.2, 0) is 0 Å². The first kappa shape index (κ1) is 11.8. The molecule has 0 amide bonds. The Hall–Kier alpha value is -0.161. The normalized spacial score (nSPS) is 10.7. The molecule has 1 heterocycles. The molecule has 0 saturated carbocycles. The van der Waals surface area contributed by atoms with E-state index in [1.54, 1.807) is 6.07 Å². The molecule has 0 atom stereocenters. The van der Waals surface area contributed by atoms with Gasteiger partial charge in [0.25, 0.3) is 0 Å². The second-order valence-electron chi connectivity index (χ2n) is 3.35. The van der Waals surface area contributed by atoms with E-state index in [-0.39, 0.29) is 29.7 Å². The summed E-state index contributed by atoms with van der Waals surface area (Å²) in [4.78, 5) is 3.95. The average Bonchev–Trinajstić information content (AvgIpc) is 1.86. The van der Waals surface area contributed by atoms with Gasteiger partial charge in [-0.2, -0.15) is 0 Å².